The minimum absolute atomic E-state index is 0.510. The molecule has 92 valence electrons. The van der Waals surface area contributed by atoms with Crippen LogP contribution in [-0.2, 0) is 6.61 Å². The van der Waals surface area contributed by atoms with Gasteiger partial charge in [0, 0.05) is 10.0 Å². The maximum atomic E-state index is 10.6. The molecule has 0 bridgehead atoms. The van der Waals surface area contributed by atoms with Gasteiger partial charge >= 0.3 is 0 Å². The number of ether oxygens (including phenoxy) is 1. The maximum Gasteiger partial charge on any atom is 0.150 e. The quantitative estimate of drug-likeness (QED) is 0.543. The zero-order valence-corrected chi connectivity index (χ0v) is 13.1. The van der Waals surface area contributed by atoms with Crippen LogP contribution in [0.2, 0.25) is 0 Å². The van der Waals surface area contributed by atoms with Crippen molar-refractivity contribution in [3.8, 4) is 5.75 Å². The van der Waals surface area contributed by atoms with E-state index >= 15 is 0 Å². The van der Waals surface area contributed by atoms with Crippen molar-refractivity contribution < 1.29 is 9.53 Å². The normalized spacial score (nSPS) is 10.1. The summed E-state index contributed by atoms with van der Waals surface area (Å²) in [7, 11) is 0. The maximum absolute atomic E-state index is 10.6. The second kappa shape index (κ2) is 6.33. The molecule has 0 aromatic heterocycles. The minimum Gasteiger partial charge on any atom is -0.488 e. The Kier molecular flexibility index (Phi) is 4.77. The molecular formula is C14H10BrIO2. The van der Waals surface area contributed by atoms with Crippen LogP contribution in [0.15, 0.2) is 46.9 Å². The molecule has 2 rings (SSSR count). The number of rotatable bonds is 4. The molecule has 2 aromatic carbocycles. The highest BCUT2D eigenvalue weighted by molar-refractivity contribution is 14.1. The molecule has 0 N–H and O–H groups in total. The van der Waals surface area contributed by atoms with Crippen molar-refractivity contribution in [3.63, 3.8) is 0 Å². The van der Waals surface area contributed by atoms with Crippen LogP contribution in [0.25, 0.3) is 0 Å². The van der Waals surface area contributed by atoms with Gasteiger partial charge in [0.05, 0.1) is 3.57 Å². The van der Waals surface area contributed by atoms with Crippen LogP contribution >= 0.6 is 38.5 Å². The topological polar surface area (TPSA) is 26.3 Å². The Hall–Kier alpha value is -0.880. The molecule has 18 heavy (non-hydrogen) atoms. The Morgan fingerprint density at radius 2 is 2.06 bits per heavy atom. The fourth-order valence-corrected chi connectivity index (χ4v) is 2.64. The first-order valence-electron chi connectivity index (χ1n) is 5.31. The fourth-order valence-electron chi connectivity index (χ4n) is 1.50. The van der Waals surface area contributed by atoms with Crippen molar-refractivity contribution in [3.05, 3.63) is 61.6 Å². The lowest BCUT2D eigenvalue weighted by Gasteiger charge is -2.08. The summed E-state index contributed by atoms with van der Waals surface area (Å²) in [6.45, 7) is 0.510. The molecule has 0 spiro atoms. The summed E-state index contributed by atoms with van der Waals surface area (Å²) >= 11 is 5.59. The summed E-state index contributed by atoms with van der Waals surface area (Å²) in [6.07, 6.45) is 0.834. The number of benzene rings is 2. The molecule has 2 aromatic rings. The van der Waals surface area contributed by atoms with Gasteiger partial charge in [-0.05, 0) is 58.5 Å². The number of aldehydes is 1. The van der Waals surface area contributed by atoms with Gasteiger partial charge in [-0.25, -0.2) is 0 Å². The van der Waals surface area contributed by atoms with E-state index in [1.54, 1.807) is 6.07 Å². The van der Waals surface area contributed by atoms with Crippen LogP contribution in [-0.4, -0.2) is 6.29 Å². The second-order valence-corrected chi connectivity index (χ2v) is 5.80. The molecule has 2 nitrogen and oxygen atoms in total. The first-order valence-corrected chi connectivity index (χ1v) is 7.18. The van der Waals surface area contributed by atoms with Crippen molar-refractivity contribution in [2.45, 2.75) is 6.61 Å². The van der Waals surface area contributed by atoms with Crippen LogP contribution in [0.3, 0.4) is 0 Å². The number of carbonyl (C=O) groups excluding carboxylic acids is 1. The van der Waals surface area contributed by atoms with Crippen molar-refractivity contribution in [1.29, 1.82) is 0 Å². The van der Waals surface area contributed by atoms with Crippen molar-refractivity contribution >= 4 is 44.8 Å². The average Bonchev–Trinajstić information content (AvgIpc) is 2.37. The Labute approximate surface area is 128 Å². The summed E-state index contributed by atoms with van der Waals surface area (Å²) in [5.41, 5.74) is 1.76. The molecule has 0 amide bonds. The third-order valence-electron chi connectivity index (χ3n) is 2.38. The minimum atomic E-state index is 0.510. The molecule has 0 aliphatic heterocycles. The lowest BCUT2D eigenvalue weighted by Crippen LogP contribution is -1.97. The Morgan fingerprint density at radius 1 is 1.22 bits per heavy atom. The monoisotopic (exact) mass is 416 g/mol. The molecule has 0 fully saturated rings. The molecule has 0 aliphatic carbocycles. The molecule has 0 saturated heterocycles. The summed E-state index contributed by atoms with van der Waals surface area (Å²) in [4.78, 5) is 10.6. The Balaban J connectivity index is 2.08. The van der Waals surface area contributed by atoms with E-state index in [0.717, 1.165) is 25.6 Å². The predicted molar refractivity (Wildman–Crippen MR) is 83.0 cm³/mol. The molecule has 0 saturated carbocycles. The highest BCUT2D eigenvalue weighted by Gasteiger charge is 2.03. The van der Waals surface area contributed by atoms with Crippen LogP contribution < -0.4 is 4.74 Å². The van der Waals surface area contributed by atoms with Crippen LogP contribution in [0, 0.1) is 3.57 Å². The molecule has 0 aliphatic rings. The van der Waals surface area contributed by atoms with Crippen molar-refractivity contribution in [2.24, 2.45) is 0 Å². The fraction of sp³-hybridized carbons (Fsp3) is 0.0714. The number of hydrogen-bond acceptors (Lipinski definition) is 2. The van der Waals surface area contributed by atoms with Gasteiger partial charge in [0.2, 0.25) is 0 Å². The molecule has 0 atom stereocenters. The number of carbonyl (C=O) groups is 1. The molecule has 0 radical (unpaired) electrons. The molecule has 4 heteroatoms. The van der Waals surface area contributed by atoms with E-state index in [-0.39, 0.29) is 0 Å². The SMILES string of the molecule is O=Cc1ccc(OCc2cccc(Br)c2)c(I)c1. The molecule has 0 heterocycles. The van der Waals surface area contributed by atoms with E-state index in [9.17, 15) is 4.79 Å². The lowest BCUT2D eigenvalue weighted by atomic mass is 10.2. The van der Waals surface area contributed by atoms with Crippen LogP contribution in [0.4, 0.5) is 0 Å². The van der Waals surface area contributed by atoms with Crippen molar-refractivity contribution in [2.75, 3.05) is 0 Å². The van der Waals surface area contributed by atoms with E-state index in [1.807, 2.05) is 36.4 Å². The first kappa shape index (κ1) is 13.5. The number of halogens is 2. The van der Waals surface area contributed by atoms with Gasteiger partial charge < -0.3 is 4.74 Å². The second-order valence-electron chi connectivity index (χ2n) is 3.73. The van der Waals surface area contributed by atoms with E-state index in [1.165, 1.54) is 0 Å². The highest BCUT2D eigenvalue weighted by Crippen LogP contribution is 2.23. The average molecular weight is 417 g/mol. The number of hydrogen-bond donors (Lipinski definition) is 0. The predicted octanol–water partition coefficient (Wildman–Crippen LogP) is 4.45. The third-order valence-corrected chi connectivity index (χ3v) is 3.71. The van der Waals surface area contributed by atoms with Gasteiger partial charge in [-0.3, -0.25) is 4.79 Å². The summed E-state index contributed by atoms with van der Waals surface area (Å²) in [5, 5.41) is 0. The summed E-state index contributed by atoms with van der Waals surface area (Å²) in [5.74, 6) is 0.793. The van der Waals surface area contributed by atoms with E-state index in [0.29, 0.717) is 12.2 Å². The van der Waals surface area contributed by atoms with Crippen LogP contribution in [0.1, 0.15) is 15.9 Å². The molecular weight excluding hydrogens is 407 g/mol. The highest BCUT2D eigenvalue weighted by atomic mass is 127. The van der Waals surface area contributed by atoms with E-state index in [2.05, 4.69) is 38.5 Å². The third kappa shape index (κ3) is 3.55. The van der Waals surface area contributed by atoms with Gasteiger partial charge in [-0.2, -0.15) is 0 Å². The summed E-state index contributed by atoms with van der Waals surface area (Å²) in [6, 6.07) is 13.4. The zero-order valence-electron chi connectivity index (χ0n) is 9.40. The largest absolute Gasteiger partial charge is 0.488 e. The lowest BCUT2D eigenvalue weighted by molar-refractivity contribution is 0.112. The standard InChI is InChI=1S/C14H10BrIO2/c15-12-3-1-2-11(6-12)9-18-14-5-4-10(8-17)7-13(14)16/h1-8H,9H2. The smallest absolute Gasteiger partial charge is 0.150 e. The van der Waals surface area contributed by atoms with Gasteiger partial charge in [0.1, 0.15) is 18.6 Å². The Morgan fingerprint density at radius 3 is 2.72 bits per heavy atom. The zero-order chi connectivity index (χ0) is 13.0. The van der Waals surface area contributed by atoms with E-state index in [4.69, 9.17) is 4.74 Å². The van der Waals surface area contributed by atoms with Gasteiger partial charge in [0.25, 0.3) is 0 Å². The molecule has 0 unspecified atom stereocenters. The van der Waals surface area contributed by atoms with Gasteiger partial charge in [-0.15, -0.1) is 0 Å². The van der Waals surface area contributed by atoms with Crippen LogP contribution in [0.5, 0.6) is 5.75 Å². The summed E-state index contributed by atoms with van der Waals surface area (Å²) < 4.78 is 7.71. The van der Waals surface area contributed by atoms with Gasteiger partial charge in [0.15, 0.2) is 0 Å². The van der Waals surface area contributed by atoms with Gasteiger partial charge in [-0.1, -0.05) is 28.1 Å². The van der Waals surface area contributed by atoms with Crippen molar-refractivity contribution in [1.82, 2.24) is 0 Å². The Bertz CT molecular complexity index is 569. The van der Waals surface area contributed by atoms with E-state index < -0.39 is 0 Å². The first-order chi connectivity index (χ1) is 8.69.